The van der Waals surface area contributed by atoms with E-state index in [1.54, 1.807) is 7.11 Å². The number of rotatable bonds is 8. The Labute approximate surface area is 186 Å². The van der Waals surface area contributed by atoms with E-state index in [1.807, 2.05) is 18.3 Å². The number of nitriles is 1. The minimum atomic E-state index is 0.0923. The first-order valence-electron chi connectivity index (χ1n) is 10.4. The van der Waals surface area contributed by atoms with E-state index >= 15 is 0 Å². The van der Waals surface area contributed by atoms with Crippen molar-refractivity contribution in [3.8, 4) is 17.2 Å². The fourth-order valence-electron chi connectivity index (χ4n) is 3.40. The Kier molecular flexibility index (Phi) is 7.19. The van der Waals surface area contributed by atoms with Crippen LogP contribution in [0.2, 0.25) is 0 Å². The molecule has 1 atom stereocenters. The first-order chi connectivity index (χ1) is 15.7. The number of benzene rings is 1. The van der Waals surface area contributed by atoms with Crippen molar-refractivity contribution in [1.29, 1.82) is 5.26 Å². The van der Waals surface area contributed by atoms with Crippen molar-refractivity contribution >= 4 is 17.3 Å². The van der Waals surface area contributed by atoms with Crippen molar-refractivity contribution in [1.82, 2.24) is 20.3 Å². The molecule has 1 fully saturated rings. The summed E-state index contributed by atoms with van der Waals surface area (Å²) in [4.78, 5) is 12.8. The number of pyridine rings is 1. The number of morpholine rings is 1. The number of nitrogens with one attached hydrogen (secondary N) is 3. The molecule has 9 heteroatoms. The maximum Gasteiger partial charge on any atom is 0.158 e. The third-order valence-electron chi connectivity index (χ3n) is 5.03. The Morgan fingerprint density at radius 2 is 2.00 bits per heavy atom. The zero-order chi connectivity index (χ0) is 22.2. The number of methoxy groups -OCH3 is 1. The second kappa shape index (κ2) is 10.6. The highest BCUT2D eigenvalue weighted by atomic mass is 16.5. The van der Waals surface area contributed by atoms with Crippen LogP contribution >= 0.6 is 0 Å². The summed E-state index contributed by atoms with van der Waals surface area (Å²) in [5.74, 6) is 1.13. The molecule has 0 spiro atoms. The molecule has 0 bridgehead atoms. The monoisotopic (exact) mass is 431 g/mol. The molecule has 1 saturated heterocycles. The summed E-state index contributed by atoms with van der Waals surface area (Å²) in [6.07, 6.45) is 4.85. The molecule has 1 aromatic carbocycles. The predicted molar refractivity (Wildman–Crippen MR) is 122 cm³/mol. The van der Waals surface area contributed by atoms with Gasteiger partial charge in [-0.25, -0.2) is 15.0 Å². The van der Waals surface area contributed by atoms with Gasteiger partial charge in [-0.2, -0.15) is 5.26 Å². The van der Waals surface area contributed by atoms with Gasteiger partial charge in [-0.1, -0.05) is 24.3 Å². The lowest BCUT2D eigenvalue weighted by molar-refractivity contribution is 0.0372. The Hall–Kier alpha value is -3.58. The molecule has 0 amide bonds. The summed E-state index contributed by atoms with van der Waals surface area (Å²) < 4.78 is 11.0. The summed E-state index contributed by atoms with van der Waals surface area (Å²) in [7, 11) is 1.69. The Morgan fingerprint density at radius 3 is 2.69 bits per heavy atom. The molecule has 0 radical (unpaired) electrons. The highest BCUT2D eigenvalue weighted by Crippen LogP contribution is 2.30. The Morgan fingerprint density at radius 1 is 1.16 bits per heavy atom. The van der Waals surface area contributed by atoms with Gasteiger partial charge >= 0.3 is 0 Å². The number of ether oxygens (including phenoxy) is 2. The van der Waals surface area contributed by atoms with Gasteiger partial charge in [0.15, 0.2) is 5.69 Å². The van der Waals surface area contributed by atoms with Crippen LogP contribution in [0.5, 0.6) is 0 Å². The van der Waals surface area contributed by atoms with Gasteiger partial charge in [0.05, 0.1) is 31.7 Å². The third kappa shape index (κ3) is 5.56. The molecule has 0 saturated carbocycles. The molecular formula is C23H25N7O2. The van der Waals surface area contributed by atoms with E-state index in [9.17, 15) is 0 Å². The molecule has 3 heterocycles. The minimum Gasteiger partial charge on any atom is -0.382 e. The van der Waals surface area contributed by atoms with E-state index in [2.05, 4.69) is 55.2 Å². The van der Waals surface area contributed by atoms with Crippen LogP contribution in [0.3, 0.4) is 0 Å². The molecule has 3 aromatic rings. The number of nitrogens with zero attached hydrogens (tertiary/aromatic N) is 4. The van der Waals surface area contributed by atoms with Gasteiger partial charge in [0.1, 0.15) is 17.7 Å². The van der Waals surface area contributed by atoms with E-state index in [1.165, 1.54) is 12.4 Å². The van der Waals surface area contributed by atoms with Crippen LogP contribution in [0.1, 0.15) is 11.3 Å². The molecule has 9 nitrogen and oxygen atoms in total. The molecule has 0 aliphatic carbocycles. The predicted octanol–water partition coefficient (Wildman–Crippen LogP) is 2.70. The van der Waals surface area contributed by atoms with Gasteiger partial charge in [-0.05, 0) is 11.1 Å². The smallest absolute Gasteiger partial charge is 0.158 e. The van der Waals surface area contributed by atoms with Gasteiger partial charge in [0.2, 0.25) is 0 Å². The van der Waals surface area contributed by atoms with E-state index in [4.69, 9.17) is 14.7 Å². The van der Waals surface area contributed by atoms with E-state index in [-0.39, 0.29) is 11.8 Å². The molecule has 0 unspecified atom stereocenters. The zero-order valence-corrected chi connectivity index (χ0v) is 17.8. The van der Waals surface area contributed by atoms with Crippen molar-refractivity contribution in [3.05, 3.63) is 60.2 Å². The van der Waals surface area contributed by atoms with Crippen LogP contribution in [-0.4, -0.2) is 54.4 Å². The van der Waals surface area contributed by atoms with Crippen LogP contribution in [0, 0.1) is 11.3 Å². The SMILES string of the molecule is COCc1ccc(-c2cnc(Nc3cnc(C#N)cn3)cc2NC[C@@H]2CNCCO2)cc1. The topological polar surface area (TPSA) is 117 Å². The molecule has 2 aromatic heterocycles. The highest BCUT2D eigenvalue weighted by molar-refractivity contribution is 5.79. The van der Waals surface area contributed by atoms with Crippen molar-refractivity contribution in [3.63, 3.8) is 0 Å². The standard InChI is InChI=1S/C23H25N7O2/c1-31-15-16-2-4-17(5-3-16)20-13-29-22(30-23-14-26-18(9-24)10-28-23)8-21(20)27-12-19-11-25-6-7-32-19/h2-5,8,10,13-14,19,25H,6-7,11-12,15H2,1H3,(H2,27,28,29,30)/t19-/m0/s1. The lowest BCUT2D eigenvalue weighted by Crippen LogP contribution is -2.42. The lowest BCUT2D eigenvalue weighted by Gasteiger charge is -2.25. The van der Waals surface area contributed by atoms with E-state index in [0.29, 0.717) is 31.4 Å². The van der Waals surface area contributed by atoms with Gasteiger partial charge in [-0.15, -0.1) is 0 Å². The first kappa shape index (κ1) is 21.6. The molecule has 164 valence electrons. The molecule has 3 N–H and O–H groups in total. The molecular weight excluding hydrogens is 406 g/mol. The van der Waals surface area contributed by atoms with Crippen LogP contribution in [-0.2, 0) is 16.1 Å². The molecule has 32 heavy (non-hydrogen) atoms. The molecule has 1 aliphatic heterocycles. The van der Waals surface area contributed by atoms with Crippen LogP contribution in [0.4, 0.5) is 17.3 Å². The van der Waals surface area contributed by atoms with Crippen molar-refractivity contribution in [2.24, 2.45) is 0 Å². The summed E-state index contributed by atoms with van der Waals surface area (Å²) in [6, 6.07) is 12.1. The van der Waals surface area contributed by atoms with Crippen LogP contribution < -0.4 is 16.0 Å². The number of hydrogen-bond donors (Lipinski definition) is 3. The molecule has 1 aliphatic rings. The van der Waals surface area contributed by atoms with Gasteiger partial charge < -0.3 is 25.4 Å². The van der Waals surface area contributed by atoms with Crippen LogP contribution in [0.15, 0.2) is 48.9 Å². The Balaban J connectivity index is 1.57. The maximum absolute atomic E-state index is 8.89. The normalized spacial score (nSPS) is 15.7. The summed E-state index contributed by atoms with van der Waals surface area (Å²) in [5, 5.41) is 18.9. The van der Waals surface area contributed by atoms with Gasteiger partial charge in [-0.3, -0.25) is 0 Å². The third-order valence-corrected chi connectivity index (χ3v) is 5.03. The lowest BCUT2D eigenvalue weighted by atomic mass is 10.0. The van der Waals surface area contributed by atoms with Crippen molar-refractivity contribution < 1.29 is 9.47 Å². The largest absolute Gasteiger partial charge is 0.382 e. The van der Waals surface area contributed by atoms with E-state index < -0.39 is 0 Å². The van der Waals surface area contributed by atoms with Crippen molar-refractivity contribution in [2.75, 3.05) is 44.0 Å². The maximum atomic E-state index is 8.89. The first-order valence-corrected chi connectivity index (χ1v) is 10.4. The summed E-state index contributed by atoms with van der Waals surface area (Å²) in [5.41, 5.74) is 4.33. The minimum absolute atomic E-state index is 0.0923. The fraction of sp³-hybridized carbons (Fsp3) is 0.304. The average Bonchev–Trinajstić information content (AvgIpc) is 2.85. The van der Waals surface area contributed by atoms with Gasteiger partial charge in [0, 0.05) is 50.3 Å². The number of anilines is 3. The Bertz CT molecular complexity index is 1060. The summed E-state index contributed by atoms with van der Waals surface area (Å²) in [6.45, 7) is 3.64. The average molecular weight is 432 g/mol. The van der Waals surface area contributed by atoms with Gasteiger partial charge in [0.25, 0.3) is 0 Å². The number of aromatic nitrogens is 3. The number of hydrogen-bond acceptors (Lipinski definition) is 9. The zero-order valence-electron chi connectivity index (χ0n) is 17.8. The van der Waals surface area contributed by atoms with Crippen molar-refractivity contribution in [2.45, 2.75) is 12.7 Å². The highest BCUT2D eigenvalue weighted by Gasteiger charge is 2.15. The molecule has 4 rings (SSSR count). The fourth-order valence-corrected chi connectivity index (χ4v) is 3.40. The second-order valence-electron chi connectivity index (χ2n) is 7.35. The second-order valence-corrected chi connectivity index (χ2v) is 7.35. The quantitative estimate of drug-likeness (QED) is 0.495. The van der Waals surface area contributed by atoms with E-state index in [0.717, 1.165) is 35.5 Å². The summed E-state index contributed by atoms with van der Waals surface area (Å²) >= 11 is 0. The van der Waals surface area contributed by atoms with Crippen LogP contribution in [0.25, 0.3) is 11.1 Å².